The third-order valence-corrected chi connectivity index (χ3v) is 5.94. The van der Waals surface area contributed by atoms with Crippen LogP contribution in [0.15, 0.2) is 0 Å². The number of unbranched alkanes of at least 4 members (excludes halogenated alkanes) is 1. The van der Waals surface area contributed by atoms with Crippen LogP contribution in [0, 0.1) is 0 Å². The zero-order valence-corrected chi connectivity index (χ0v) is 12.7. The first-order valence-electron chi connectivity index (χ1n) is 6.02. The number of hydrogen-bond donors (Lipinski definition) is 2. The molecular weight excluding hydrogens is 293 g/mol. The van der Waals surface area contributed by atoms with E-state index in [2.05, 4.69) is 9.84 Å². The van der Waals surface area contributed by atoms with E-state index in [4.69, 9.17) is 4.89 Å². The van der Waals surface area contributed by atoms with Crippen LogP contribution in [-0.4, -0.2) is 35.0 Å². The molecule has 8 heteroatoms. The summed E-state index contributed by atoms with van der Waals surface area (Å²) in [5, 5.41) is 3.42. The average molecular weight is 312 g/mol. The molecule has 0 spiro atoms. The van der Waals surface area contributed by atoms with E-state index in [-0.39, 0.29) is 19.1 Å². The van der Waals surface area contributed by atoms with Crippen molar-refractivity contribution in [1.82, 2.24) is 5.32 Å². The fraction of sp³-hybridized carbons (Fsp3) is 0.900. The van der Waals surface area contributed by atoms with Gasteiger partial charge in [-0.1, -0.05) is 28.0 Å². The van der Waals surface area contributed by atoms with Gasteiger partial charge < -0.3 is 5.32 Å². The monoisotopic (exact) mass is 312 g/mol. The van der Waals surface area contributed by atoms with Gasteiger partial charge in [-0.2, -0.15) is 0 Å². The van der Waals surface area contributed by atoms with Gasteiger partial charge in [-0.3, -0.25) is 4.79 Å². The normalized spacial score (nSPS) is 19.8. The van der Waals surface area contributed by atoms with E-state index in [0.29, 0.717) is 6.42 Å². The van der Waals surface area contributed by atoms with Crippen molar-refractivity contribution >= 4 is 35.7 Å². The molecule has 1 amide bonds. The summed E-state index contributed by atoms with van der Waals surface area (Å²) in [7, 11) is 1.35. The van der Waals surface area contributed by atoms with Crippen molar-refractivity contribution in [3.63, 3.8) is 0 Å². The van der Waals surface area contributed by atoms with Crippen molar-refractivity contribution in [2.75, 3.05) is 18.9 Å². The Labute approximate surface area is 116 Å². The zero-order chi connectivity index (χ0) is 13.2. The van der Waals surface area contributed by atoms with E-state index in [9.17, 15) is 9.36 Å². The Morgan fingerprint density at radius 3 is 3.00 bits per heavy atom. The van der Waals surface area contributed by atoms with Crippen LogP contribution in [0.25, 0.3) is 0 Å². The Morgan fingerprint density at radius 2 is 2.33 bits per heavy atom. The standard InChI is InChI=1S/C10H18NO4PS2/c12-10(11-6-7-15-16(13)14)4-2-1-3-9-5-8-17-18-9/h9H,1-8H2,(H-,11,12,13,14)/p+1. The van der Waals surface area contributed by atoms with E-state index < -0.39 is 8.25 Å². The summed E-state index contributed by atoms with van der Waals surface area (Å²) in [6, 6.07) is 0. The van der Waals surface area contributed by atoms with Crippen LogP contribution in [0.1, 0.15) is 32.1 Å². The highest BCUT2D eigenvalue weighted by atomic mass is 33.1. The van der Waals surface area contributed by atoms with Crippen molar-refractivity contribution in [2.45, 2.75) is 37.4 Å². The van der Waals surface area contributed by atoms with Gasteiger partial charge in [0, 0.05) is 28.5 Å². The third-order valence-electron chi connectivity index (χ3n) is 2.53. The van der Waals surface area contributed by atoms with Crippen LogP contribution in [0.3, 0.4) is 0 Å². The van der Waals surface area contributed by atoms with Gasteiger partial charge >= 0.3 is 8.25 Å². The highest BCUT2D eigenvalue weighted by molar-refractivity contribution is 8.77. The minimum Gasteiger partial charge on any atom is -0.354 e. The Hall–Kier alpha value is 0.190. The van der Waals surface area contributed by atoms with Crippen molar-refractivity contribution in [2.24, 2.45) is 0 Å². The summed E-state index contributed by atoms with van der Waals surface area (Å²) < 4.78 is 14.6. The molecular formula is C10H19NO4PS2+. The molecule has 0 saturated carbocycles. The molecule has 0 bridgehead atoms. The maximum atomic E-state index is 11.4. The van der Waals surface area contributed by atoms with E-state index in [1.807, 2.05) is 21.6 Å². The molecule has 1 heterocycles. The van der Waals surface area contributed by atoms with Crippen LogP contribution >= 0.6 is 29.8 Å². The second-order valence-electron chi connectivity index (χ2n) is 4.00. The van der Waals surface area contributed by atoms with Crippen molar-refractivity contribution in [3.05, 3.63) is 0 Å². The van der Waals surface area contributed by atoms with Crippen LogP contribution in [-0.2, 0) is 13.9 Å². The zero-order valence-electron chi connectivity index (χ0n) is 10.2. The highest BCUT2D eigenvalue weighted by Gasteiger charge is 2.16. The van der Waals surface area contributed by atoms with Gasteiger partial charge in [-0.25, -0.2) is 0 Å². The molecule has 1 saturated heterocycles. The van der Waals surface area contributed by atoms with Crippen molar-refractivity contribution < 1.29 is 18.8 Å². The minimum absolute atomic E-state index is 0.0137. The molecule has 0 aliphatic carbocycles. The molecule has 2 unspecified atom stereocenters. The summed E-state index contributed by atoms with van der Waals surface area (Å²) in [6.07, 6.45) is 5.00. The van der Waals surface area contributed by atoms with E-state index >= 15 is 0 Å². The summed E-state index contributed by atoms with van der Waals surface area (Å²) >= 11 is 0. The predicted molar refractivity (Wildman–Crippen MR) is 75.7 cm³/mol. The molecule has 0 radical (unpaired) electrons. The second-order valence-corrected chi connectivity index (χ2v) is 7.52. The Kier molecular flexibility index (Phi) is 9.06. The summed E-state index contributed by atoms with van der Waals surface area (Å²) in [5.41, 5.74) is 0. The van der Waals surface area contributed by atoms with Gasteiger partial charge in [0.25, 0.3) is 0 Å². The lowest BCUT2D eigenvalue weighted by atomic mass is 10.1. The quantitative estimate of drug-likeness (QED) is 0.387. The fourth-order valence-corrected chi connectivity index (χ4v) is 4.90. The number of amides is 1. The smallest absolute Gasteiger partial charge is 0.354 e. The van der Waals surface area contributed by atoms with Gasteiger partial charge in [-0.15, -0.1) is 9.42 Å². The number of carbonyl (C=O) groups excluding carboxylic acids is 1. The fourth-order valence-electron chi connectivity index (χ4n) is 1.62. The maximum Gasteiger partial charge on any atom is 0.694 e. The molecule has 1 rings (SSSR count). The second kappa shape index (κ2) is 10.0. The lowest BCUT2D eigenvalue weighted by Crippen LogP contribution is -2.26. The van der Waals surface area contributed by atoms with Gasteiger partial charge in [0.15, 0.2) is 0 Å². The average Bonchev–Trinajstić information content (AvgIpc) is 2.83. The Bertz CT molecular complexity index is 275. The summed E-state index contributed by atoms with van der Waals surface area (Å²) in [5.74, 6) is 1.24. The summed E-state index contributed by atoms with van der Waals surface area (Å²) in [6.45, 7) is 0.364. The van der Waals surface area contributed by atoms with E-state index in [0.717, 1.165) is 18.1 Å². The first kappa shape index (κ1) is 16.2. The van der Waals surface area contributed by atoms with Gasteiger partial charge in [-0.05, 0) is 19.3 Å². The maximum absolute atomic E-state index is 11.4. The Balaban J connectivity index is 1.88. The molecule has 0 aromatic carbocycles. The van der Waals surface area contributed by atoms with Gasteiger partial charge in [0.05, 0.1) is 0 Å². The molecule has 18 heavy (non-hydrogen) atoms. The predicted octanol–water partition coefficient (Wildman–Crippen LogP) is 2.48. The van der Waals surface area contributed by atoms with Gasteiger partial charge in [0.2, 0.25) is 5.91 Å². The van der Waals surface area contributed by atoms with Crippen molar-refractivity contribution in [3.8, 4) is 0 Å². The summed E-state index contributed by atoms with van der Waals surface area (Å²) in [4.78, 5) is 19.7. The lowest BCUT2D eigenvalue weighted by Gasteiger charge is -2.06. The van der Waals surface area contributed by atoms with Crippen LogP contribution in [0.4, 0.5) is 0 Å². The van der Waals surface area contributed by atoms with Crippen LogP contribution in [0.2, 0.25) is 0 Å². The number of hydrogen-bond acceptors (Lipinski definition) is 5. The lowest BCUT2D eigenvalue weighted by molar-refractivity contribution is -0.121. The third kappa shape index (κ3) is 8.32. The Morgan fingerprint density at radius 1 is 1.50 bits per heavy atom. The number of carbonyl (C=O) groups is 1. The molecule has 5 nitrogen and oxygen atoms in total. The number of rotatable bonds is 9. The molecule has 1 aliphatic heterocycles. The van der Waals surface area contributed by atoms with Crippen molar-refractivity contribution in [1.29, 1.82) is 0 Å². The molecule has 2 N–H and O–H groups in total. The molecule has 1 aliphatic rings. The number of nitrogens with one attached hydrogen (secondary N) is 1. The van der Waals surface area contributed by atoms with Crippen LogP contribution in [0.5, 0.6) is 0 Å². The first-order valence-corrected chi connectivity index (χ1v) is 9.53. The molecule has 2 atom stereocenters. The van der Waals surface area contributed by atoms with E-state index in [1.165, 1.54) is 18.6 Å². The van der Waals surface area contributed by atoms with Crippen LogP contribution < -0.4 is 5.32 Å². The minimum atomic E-state index is -2.56. The van der Waals surface area contributed by atoms with Gasteiger partial charge in [0.1, 0.15) is 6.61 Å². The largest absolute Gasteiger partial charge is 0.694 e. The molecule has 1 fully saturated rings. The molecule has 0 aromatic rings. The molecule has 0 aromatic heterocycles. The first-order chi connectivity index (χ1) is 8.68. The SMILES string of the molecule is O=C(CCCCC1CCSS1)NCCO[P+](=O)O. The topological polar surface area (TPSA) is 75.6 Å². The molecule has 104 valence electrons. The highest BCUT2D eigenvalue weighted by Crippen LogP contribution is 2.39. The van der Waals surface area contributed by atoms with E-state index in [1.54, 1.807) is 0 Å².